The Morgan fingerprint density at radius 3 is 2.53 bits per heavy atom. The number of rotatable bonds is 1. The summed E-state index contributed by atoms with van der Waals surface area (Å²) in [4.78, 5) is 0. The van der Waals surface area contributed by atoms with Crippen molar-refractivity contribution in [2.24, 2.45) is 17.3 Å². The summed E-state index contributed by atoms with van der Waals surface area (Å²) in [7, 11) is 0. The van der Waals surface area contributed by atoms with E-state index in [1.807, 2.05) is 13.8 Å². The Labute approximate surface area is 105 Å². The van der Waals surface area contributed by atoms with Crippen molar-refractivity contribution in [1.82, 2.24) is 0 Å². The first kappa shape index (κ1) is 13.1. The smallest absolute Gasteiger partial charge is 0.0934 e. The van der Waals surface area contributed by atoms with Crippen LogP contribution in [0.25, 0.3) is 0 Å². The molecule has 0 aromatic heterocycles. The molecule has 0 spiro atoms. The average molecular weight is 238 g/mol. The van der Waals surface area contributed by atoms with E-state index in [2.05, 4.69) is 19.9 Å². The molecule has 0 aromatic rings. The maximum Gasteiger partial charge on any atom is 0.0934 e. The van der Waals surface area contributed by atoms with Crippen molar-refractivity contribution in [3.05, 3.63) is 11.6 Å². The summed E-state index contributed by atoms with van der Waals surface area (Å²) in [5.74, 6) is 0.245. The van der Waals surface area contributed by atoms with Crippen molar-refractivity contribution in [3.8, 4) is 0 Å². The van der Waals surface area contributed by atoms with Gasteiger partial charge in [-0.3, -0.25) is 0 Å². The van der Waals surface area contributed by atoms with Gasteiger partial charge in [-0.15, -0.1) is 0 Å². The summed E-state index contributed by atoms with van der Waals surface area (Å²) in [5.41, 5.74) is 0.542. The van der Waals surface area contributed by atoms with E-state index in [9.17, 15) is 10.2 Å². The Hall–Kier alpha value is -0.340. The van der Waals surface area contributed by atoms with Gasteiger partial charge >= 0.3 is 0 Å². The van der Waals surface area contributed by atoms with Gasteiger partial charge in [-0.2, -0.15) is 0 Å². The van der Waals surface area contributed by atoms with E-state index in [0.29, 0.717) is 0 Å². The van der Waals surface area contributed by atoms with Crippen LogP contribution in [0.4, 0.5) is 0 Å². The molecule has 1 fully saturated rings. The summed E-state index contributed by atoms with van der Waals surface area (Å²) >= 11 is 0. The van der Waals surface area contributed by atoms with Gasteiger partial charge in [0.15, 0.2) is 0 Å². The highest BCUT2D eigenvalue weighted by Crippen LogP contribution is 2.54. The van der Waals surface area contributed by atoms with Crippen LogP contribution in [0.3, 0.4) is 0 Å². The third-order valence-corrected chi connectivity index (χ3v) is 5.35. The van der Waals surface area contributed by atoms with E-state index in [-0.39, 0.29) is 17.3 Å². The predicted octanol–water partition coefficient (Wildman–Crippen LogP) is 2.89. The third-order valence-electron chi connectivity index (χ3n) is 5.35. The summed E-state index contributed by atoms with van der Waals surface area (Å²) in [6.07, 6.45) is 5.63. The Balaban J connectivity index is 2.36. The molecule has 2 heteroatoms. The molecule has 2 N–H and O–H groups in total. The van der Waals surface area contributed by atoms with E-state index in [0.717, 1.165) is 25.7 Å². The van der Waals surface area contributed by atoms with Crippen molar-refractivity contribution in [2.45, 2.75) is 65.1 Å². The molecule has 0 saturated heterocycles. The zero-order valence-electron chi connectivity index (χ0n) is 11.5. The van der Waals surface area contributed by atoms with Gasteiger partial charge in [0.2, 0.25) is 0 Å². The average Bonchev–Trinajstić information content (AvgIpc) is 2.24. The Bertz CT molecular complexity index is 334. The molecule has 2 aliphatic carbocycles. The van der Waals surface area contributed by atoms with Gasteiger partial charge in [-0.05, 0) is 43.9 Å². The van der Waals surface area contributed by atoms with Crippen LogP contribution in [0.5, 0.6) is 0 Å². The molecule has 2 nitrogen and oxygen atoms in total. The highest BCUT2D eigenvalue weighted by atomic mass is 16.3. The lowest BCUT2D eigenvalue weighted by atomic mass is 9.54. The Morgan fingerprint density at radius 2 is 1.94 bits per heavy atom. The molecule has 2 aliphatic rings. The van der Waals surface area contributed by atoms with Gasteiger partial charge in [0.25, 0.3) is 0 Å². The highest BCUT2D eigenvalue weighted by molar-refractivity contribution is 5.20. The minimum atomic E-state index is -0.906. The molecule has 98 valence electrons. The number of fused-ring (bicyclic) bond motifs is 1. The summed E-state index contributed by atoms with van der Waals surface area (Å²) < 4.78 is 0. The van der Waals surface area contributed by atoms with Crippen molar-refractivity contribution in [1.29, 1.82) is 0 Å². The molecule has 0 aromatic carbocycles. The molecule has 0 heterocycles. The predicted molar refractivity (Wildman–Crippen MR) is 69.6 cm³/mol. The lowest BCUT2D eigenvalue weighted by Crippen LogP contribution is -2.59. The molecular weight excluding hydrogens is 212 g/mol. The molecular formula is C15H26O2. The number of aliphatic hydroxyl groups excluding tert-OH is 1. The van der Waals surface area contributed by atoms with Crippen LogP contribution >= 0.6 is 0 Å². The maximum absolute atomic E-state index is 10.7. The maximum atomic E-state index is 10.7. The molecule has 1 saturated carbocycles. The molecule has 0 amide bonds. The first-order chi connectivity index (χ1) is 7.81. The summed E-state index contributed by atoms with van der Waals surface area (Å²) in [6, 6.07) is 0. The number of allylic oxidation sites excluding steroid dienone is 1. The zero-order valence-corrected chi connectivity index (χ0v) is 11.5. The SMILES string of the molecule is CC1=CCC[C@@]2(C)CC[C@](O)(C(C)C)[C@H](O)[C@H]12. The van der Waals surface area contributed by atoms with Gasteiger partial charge in [0.05, 0.1) is 11.7 Å². The second kappa shape index (κ2) is 4.10. The van der Waals surface area contributed by atoms with Crippen molar-refractivity contribution in [3.63, 3.8) is 0 Å². The lowest BCUT2D eigenvalue weighted by Gasteiger charge is -2.55. The fourth-order valence-corrected chi connectivity index (χ4v) is 3.92. The number of aliphatic hydroxyl groups is 2. The van der Waals surface area contributed by atoms with Gasteiger partial charge < -0.3 is 10.2 Å². The van der Waals surface area contributed by atoms with Crippen molar-refractivity contribution < 1.29 is 10.2 Å². The fraction of sp³-hybridized carbons (Fsp3) is 0.867. The van der Waals surface area contributed by atoms with E-state index in [1.165, 1.54) is 5.57 Å². The van der Waals surface area contributed by atoms with Gasteiger partial charge in [-0.1, -0.05) is 32.4 Å². The van der Waals surface area contributed by atoms with Crippen LogP contribution in [0.1, 0.15) is 53.4 Å². The standard InChI is InChI=1S/C15H26O2/c1-10(2)15(17)9-8-14(4)7-5-6-11(3)12(14)13(15)16/h6,10,12-13,16-17H,5,7-9H2,1-4H3/t12-,13+,14-,15-/m0/s1. The van der Waals surface area contributed by atoms with E-state index in [4.69, 9.17) is 0 Å². The van der Waals surface area contributed by atoms with Crippen molar-refractivity contribution >= 4 is 0 Å². The van der Waals surface area contributed by atoms with Crippen LogP contribution in [0.2, 0.25) is 0 Å². The molecule has 0 bridgehead atoms. The van der Waals surface area contributed by atoms with Crippen LogP contribution in [-0.2, 0) is 0 Å². The van der Waals surface area contributed by atoms with Crippen molar-refractivity contribution in [2.75, 3.05) is 0 Å². The van der Waals surface area contributed by atoms with E-state index < -0.39 is 11.7 Å². The number of hydrogen-bond acceptors (Lipinski definition) is 2. The molecule has 2 rings (SSSR count). The first-order valence-electron chi connectivity index (χ1n) is 6.88. The van der Waals surface area contributed by atoms with Crippen LogP contribution in [-0.4, -0.2) is 21.9 Å². The summed E-state index contributed by atoms with van der Waals surface area (Å²) in [6.45, 7) is 8.40. The summed E-state index contributed by atoms with van der Waals surface area (Å²) in [5, 5.41) is 21.3. The monoisotopic (exact) mass is 238 g/mol. The topological polar surface area (TPSA) is 40.5 Å². The Morgan fingerprint density at radius 1 is 1.29 bits per heavy atom. The first-order valence-corrected chi connectivity index (χ1v) is 6.88. The van der Waals surface area contributed by atoms with E-state index >= 15 is 0 Å². The highest BCUT2D eigenvalue weighted by Gasteiger charge is 2.54. The second-order valence-corrected chi connectivity index (χ2v) is 6.71. The molecule has 17 heavy (non-hydrogen) atoms. The fourth-order valence-electron chi connectivity index (χ4n) is 3.92. The quantitative estimate of drug-likeness (QED) is 0.690. The van der Waals surface area contributed by atoms with Crippen LogP contribution in [0, 0.1) is 17.3 Å². The Kier molecular flexibility index (Phi) is 3.16. The van der Waals surface area contributed by atoms with E-state index in [1.54, 1.807) is 0 Å². The lowest BCUT2D eigenvalue weighted by molar-refractivity contribution is -0.178. The minimum absolute atomic E-state index is 0.108. The van der Waals surface area contributed by atoms with Crippen LogP contribution < -0.4 is 0 Å². The number of hydrogen-bond donors (Lipinski definition) is 2. The van der Waals surface area contributed by atoms with Crippen LogP contribution in [0.15, 0.2) is 11.6 Å². The molecule has 0 radical (unpaired) electrons. The molecule has 0 aliphatic heterocycles. The minimum Gasteiger partial charge on any atom is -0.389 e. The largest absolute Gasteiger partial charge is 0.389 e. The second-order valence-electron chi connectivity index (χ2n) is 6.71. The molecule has 4 atom stereocenters. The van der Waals surface area contributed by atoms with Gasteiger partial charge in [-0.25, -0.2) is 0 Å². The zero-order chi connectivity index (χ0) is 12.8. The third kappa shape index (κ3) is 1.86. The van der Waals surface area contributed by atoms with Gasteiger partial charge in [0.1, 0.15) is 0 Å². The normalized spacial score (nSPS) is 46.6. The van der Waals surface area contributed by atoms with Gasteiger partial charge in [0, 0.05) is 5.92 Å². The molecule has 0 unspecified atom stereocenters.